The predicted octanol–water partition coefficient (Wildman–Crippen LogP) is 2.09. The van der Waals surface area contributed by atoms with Gasteiger partial charge in [0.05, 0.1) is 12.5 Å². The van der Waals surface area contributed by atoms with Crippen LogP contribution in [0.25, 0.3) is 0 Å². The van der Waals surface area contributed by atoms with Crippen molar-refractivity contribution >= 4 is 34.3 Å². The molecule has 1 fully saturated rings. The highest BCUT2D eigenvalue weighted by Crippen LogP contribution is 2.23. The van der Waals surface area contributed by atoms with Gasteiger partial charge >= 0.3 is 5.97 Å². The van der Waals surface area contributed by atoms with E-state index in [1.807, 2.05) is 0 Å². The van der Waals surface area contributed by atoms with Crippen LogP contribution in [0.5, 0.6) is 0 Å². The number of nitrogens with zero attached hydrogens (tertiary/aromatic N) is 4. The first-order valence-electron chi connectivity index (χ1n) is 8.13. The van der Waals surface area contributed by atoms with Gasteiger partial charge in [0.1, 0.15) is 5.69 Å². The molecule has 2 aromatic rings. The lowest BCUT2D eigenvalue weighted by molar-refractivity contribution is -0.149. The van der Waals surface area contributed by atoms with E-state index >= 15 is 0 Å². The number of aromatic nitrogens is 3. The van der Waals surface area contributed by atoms with Crippen molar-refractivity contribution in [3.63, 3.8) is 0 Å². The number of ether oxygens (including phenoxy) is 1. The van der Waals surface area contributed by atoms with Crippen LogP contribution < -0.4 is 5.32 Å². The monoisotopic (exact) mass is 361 g/mol. The van der Waals surface area contributed by atoms with Crippen LogP contribution in [0.15, 0.2) is 23.8 Å². The molecule has 0 atom stereocenters. The zero-order valence-electron chi connectivity index (χ0n) is 13.8. The Kier molecular flexibility index (Phi) is 5.54. The Labute approximate surface area is 149 Å². The summed E-state index contributed by atoms with van der Waals surface area (Å²) in [4.78, 5) is 38.5. The van der Waals surface area contributed by atoms with Crippen LogP contribution in [0.2, 0.25) is 0 Å². The van der Waals surface area contributed by atoms with Crippen LogP contribution in [-0.4, -0.2) is 51.4 Å². The molecule has 8 nitrogen and oxygen atoms in total. The van der Waals surface area contributed by atoms with E-state index in [1.54, 1.807) is 35.7 Å². The number of anilines is 2. The number of hydrogen-bond donors (Lipinski definition) is 1. The molecule has 0 aliphatic carbocycles. The SMILES string of the molecule is CCOC(=O)C1CCN(C(=O)c2csc(Nc3ncccn3)n2)CC1. The zero-order chi connectivity index (χ0) is 17.6. The molecule has 2 aromatic heterocycles. The smallest absolute Gasteiger partial charge is 0.309 e. The maximum atomic E-state index is 12.6. The van der Waals surface area contributed by atoms with E-state index < -0.39 is 0 Å². The van der Waals surface area contributed by atoms with Crippen LogP contribution in [0.3, 0.4) is 0 Å². The average Bonchev–Trinajstić information content (AvgIpc) is 3.11. The van der Waals surface area contributed by atoms with E-state index in [-0.39, 0.29) is 17.8 Å². The minimum atomic E-state index is -0.169. The van der Waals surface area contributed by atoms with Gasteiger partial charge in [0.2, 0.25) is 5.95 Å². The lowest BCUT2D eigenvalue weighted by Crippen LogP contribution is -2.40. The Morgan fingerprint density at radius 2 is 2.04 bits per heavy atom. The van der Waals surface area contributed by atoms with Gasteiger partial charge in [-0.25, -0.2) is 15.0 Å². The summed E-state index contributed by atoms with van der Waals surface area (Å²) in [6, 6.07) is 1.72. The molecule has 1 amide bonds. The van der Waals surface area contributed by atoms with E-state index in [0.29, 0.717) is 49.3 Å². The van der Waals surface area contributed by atoms with E-state index in [1.165, 1.54) is 11.3 Å². The number of rotatable bonds is 5. The van der Waals surface area contributed by atoms with Crippen molar-refractivity contribution in [2.75, 3.05) is 25.0 Å². The Bertz CT molecular complexity index is 728. The Morgan fingerprint density at radius 3 is 2.72 bits per heavy atom. The maximum absolute atomic E-state index is 12.6. The molecule has 0 spiro atoms. The van der Waals surface area contributed by atoms with Crippen LogP contribution in [0, 0.1) is 5.92 Å². The third kappa shape index (κ3) is 4.30. The number of amides is 1. The van der Waals surface area contributed by atoms with Gasteiger partial charge in [-0.2, -0.15) is 0 Å². The van der Waals surface area contributed by atoms with E-state index in [0.717, 1.165) is 0 Å². The van der Waals surface area contributed by atoms with Crippen molar-refractivity contribution in [1.82, 2.24) is 19.9 Å². The van der Waals surface area contributed by atoms with Crippen molar-refractivity contribution in [3.8, 4) is 0 Å². The first kappa shape index (κ1) is 17.3. The number of carbonyl (C=O) groups excluding carboxylic acids is 2. The molecule has 0 bridgehead atoms. The van der Waals surface area contributed by atoms with Gasteiger partial charge in [0.25, 0.3) is 5.91 Å². The fraction of sp³-hybridized carbons (Fsp3) is 0.438. The number of carbonyl (C=O) groups is 2. The molecular weight excluding hydrogens is 342 g/mol. The number of piperidine rings is 1. The average molecular weight is 361 g/mol. The number of hydrogen-bond acceptors (Lipinski definition) is 8. The molecule has 0 unspecified atom stereocenters. The molecule has 3 rings (SSSR count). The van der Waals surface area contributed by atoms with Gasteiger partial charge in [-0.3, -0.25) is 9.59 Å². The quantitative estimate of drug-likeness (QED) is 0.814. The number of thiazole rings is 1. The second kappa shape index (κ2) is 8.02. The molecule has 0 saturated carbocycles. The highest BCUT2D eigenvalue weighted by molar-refractivity contribution is 7.14. The number of esters is 1. The van der Waals surface area contributed by atoms with Crippen molar-refractivity contribution in [3.05, 3.63) is 29.5 Å². The Balaban J connectivity index is 1.56. The molecule has 1 aliphatic rings. The lowest BCUT2D eigenvalue weighted by atomic mass is 9.97. The molecule has 3 heterocycles. The molecule has 25 heavy (non-hydrogen) atoms. The molecule has 132 valence electrons. The van der Waals surface area contributed by atoms with E-state index in [4.69, 9.17) is 4.74 Å². The molecule has 9 heteroatoms. The second-order valence-electron chi connectivity index (χ2n) is 5.55. The summed E-state index contributed by atoms with van der Waals surface area (Å²) in [5, 5.41) is 5.25. The van der Waals surface area contributed by atoms with Crippen molar-refractivity contribution in [1.29, 1.82) is 0 Å². The summed E-state index contributed by atoms with van der Waals surface area (Å²) in [5.74, 6) is 0.0242. The summed E-state index contributed by atoms with van der Waals surface area (Å²) in [5.41, 5.74) is 0.387. The van der Waals surface area contributed by atoms with Crippen LogP contribution in [0.4, 0.5) is 11.1 Å². The summed E-state index contributed by atoms with van der Waals surface area (Å²) < 4.78 is 5.05. The molecule has 0 aromatic carbocycles. The van der Waals surface area contributed by atoms with Crippen LogP contribution in [-0.2, 0) is 9.53 Å². The standard InChI is InChI=1S/C16H19N5O3S/c1-2-24-14(23)11-4-8-21(9-5-11)13(22)12-10-25-16(19-12)20-15-17-6-3-7-18-15/h3,6-7,10-11H,2,4-5,8-9H2,1H3,(H,17,18,19,20). The highest BCUT2D eigenvalue weighted by Gasteiger charge is 2.29. The normalized spacial score (nSPS) is 15.0. The van der Waals surface area contributed by atoms with Gasteiger partial charge in [-0.05, 0) is 25.8 Å². The second-order valence-corrected chi connectivity index (χ2v) is 6.41. The fourth-order valence-electron chi connectivity index (χ4n) is 2.63. The third-order valence-electron chi connectivity index (χ3n) is 3.91. The molecule has 1 N–H and O–H groups in total. The molecule has 0 radical (unpaired) electrons. The van der Waals surface area contributed by atoms with E-state index in [9.17, 15) is 9.59 Å². The van der Waals surface area contributed by atoms with Crippen LogP contribution >= 0.6 is 11.3 Å². The van der Waals surface area contributed by atoms with Crippen molar-refractivity contribution < 1.29 is 14.3 Å². The Morgan fingerprint density at radius 1 is 1.32 bits per heavy atom. The van der Waals surface area contributed by atoms with Gasteiger partial charge in [-0.1, -0.05) is 0 Å². The van der Waals surface area contributed by atoms with Gasteiger partial charge < -0.3 is 15.0 Å². The fourth-order valence-corrected chi connectivity index (χ4v) is 3.31. The Hall–Kier alpha value is -2.55. The minimum Gasteiger partial charge on any atom is -0.466 e. The minimum absolute atomic E-state index is 0.119. The molecule has 1 saturated heterocycles. The van der Waals surface area contributed by atoms with Gasteiger partial charge in [0, 0.05) is 30.9 Å². The number of likely N-dealkylation sites (tertiary alicyclic amines) is 1. The van der Waals surface area contributed by atoms with Gasteiger partial charge in [-0.15, -0.1) is 11.3 Å². The van der Waals surface area contributed by atoms with E-state index in [2.05, 4.69) is 20.3 Å². The number of nitrogens with one attached hydrogen (secondary N) is 1. The summed E-state index contributed by atoms with van der Waals surface area (Å²) in [6.07, 6.45) is 4.50. The van der Waals surface area contributed by atoms with Crippen molar-refractivity contribution in [2.24, 2.45) is 5.92 Å². The lowest BCUT2D eigenvalue weighted by Gasteiger charge is -2.30. The predicted molar refractivity (Wildman–Crippen MR) is 92.7 cm³/mol. The maximum Gasteiger partial charge on any atom is 0.309 e. The topological polar surface area (TPSA) is 97.3 Å². The first-order chi connectivity index (χ1) is 12.2. The summed E-state index contributed by atoms with van der Waals surface area (Å²) in [7, 11) is 0. The third-order valence-corrected chi connectivity index (χ3v) is 4.67. The molecule has 1 aliphatic heterocycles. The summed E-state index contributed by atoms with van der Waals surface area (Å²) >= 11 is 1.32. The first-order valence-corrected chi connectivity index (χ1v) is 9.01. The molecular formula is C16H19N5O3S. The largest absolute Gasteiger partial charge is 0.466 e. The summed E-state index contributed by atoms with van der Waals surface area (Å²) in [6.45, 7) is 3.25. The van der Waals surface area contributed by atoms with Gasteiger partial charge in [0.15, 0.2) is 5.13 Å². The van der Waals surface area contributed by atoms with Crippen LogP contribution in [0.1, 0.15) is 30.3 Å². The highest BCUT2D eigenvalue weighted by atomic mass is 32.1. The zero-order valence-corrected chi connectivity index (χ0v) is 14.7. The van der Waals surface area contributed by atoms with Crippen molar-refractivity contribution in [2.45, 2.75) is 19.8 Å².